The van der Waals surface area contributed by atoms with Gasteiger partial charge in [-0.3, -0.25) is 4.79 Å². The Hall–Kier alpha value is -3.41. The molecule has 0 aliphatic rings. The summed E-state index contributed by atoms with van der Waals surface area (Å²) in [4.78, 5) is 35.9. The summed E-state index contributed by atoms with van der Waals surface area (Å²) in [6, 6.07) is 11.8. The number of methoxy groups -OCH3 is 1. The first-order valence-electron chi connectivity index (χ1n) is 8.81. The molecule has 1 heterocycles. The Kier molecular flexibility index (Phi) is 5.59. The number of fused-ring (bicyclic) bond motifs is 1. The lowest BCUT2D eigenvalue weighted by molar-refractivity contribution is -0.140. The van der Waals surface area contributed by atoms with Crippen LogP contribution in [0.1, 0.15) is 33.5 Å². The van der Waals surface area contributed by atoms with Gasteiger partial charge in [-0.15, -0.1) is 0 Å². The van der Waals surface area contributed by atoms with Crippen molar-refractivity contribution in [2.75, 3.05) is 7.11 Å². The average molecular weight is 380 g/mol. The predicted molar refractivity (Wildman–Crippen MR) is 104 cm³/mol. The lowest BCUT2D eigenvalue weighted by Gasteiger charge is -2.13. The molecule has 0 bridgehead atoms. The second-order valence-electron chi connectivity index (χ2n) is 6.49. The number of hydrogen-bond acceptors (Lipinski definition) is 6. The molecule has 0 saturated heterocycles. The maximum absolute atomic E-state index is 12.6. The van der Waals surface area contributed by atoms with Gasteiger partial charge < -0.3 is 13.9 Å². The Morgan fingerprint density at radius 3 is 2.50 bits per heavy atom. The molecule has 28 heavy (non-hydrogen) atoms. The number of hydrogen-bond donors (Lipinski definition) is 0. The molecule has 3 aromatic rings. The topological polar surface area (TPSA) is 82.8 Å². The van der Waals surface area contributed by atoms with Crippen molar-refractivity contribution < 1.29 is 23.5 Å². The number of esters is 2. The van der Waals surface area contributed by atoms with Gasteiger partial charge in [0.15, 0.2) is 0 Å². The zero-order chi connectivity index (χ0) is 20.3. The number of rotatable bonds is 5. The first-order chi connectivity index (χ1) is 13.4. The van der Waals surface area contributed by atoms with Crippen molar-refractivity contribution in [2.24, 2.45) is 0 Å². The molecule has 0 radical (unpaired) electrons. The van der Waals surface area contributed by atoms with Crippen LogP contribution in [0.15, 0.2) is 51.7 Å². The van der Waals surface area contributed by atoms with E-state index in [1.54, 1.807) is 25.1 Å². The Balaban J connectivity index is 2.04. The molecule has 0 amide bonds. The number of ether oxygens (including phenoxy) is 2. The van der Waals surface area contributed by atoms with E-state index in [1.807, 2.05) is 19.1 Å². The molecule has 1 aromatic heterocycles. The summed E-state index contributed by atoms with van der Waals surface area (Å²) in [7, 11) is 1.32. The molecule has 0 N–H and O–H groups in total. The lowest BCUT2D eigenvalue weighted by Crippen LogP contribution is -2.12. The molecule has 0 fully saturated rings. The zero-order valence-corrected chi connectivity index (χ0v) is 15.9. The molecule has 0 saturated carbocycles. The van der Waals surface area contributed by atoms with Crippen LogP contribution in [0.3, 0.4) is 0 Å². The van der Waals surface area contributed by atoms with Gasteiger partial charge in [0.25, 0.3) is 0 Å². The Morgan fingerprint density at radius 1 is 1.04 bits per heavy atom. The summed E-state index contributed by atoms with van der Waals surface area (Å²) >= 11 is 0. The van der Waals surface area contributed by atoms with Gasteiger partial charge in [0.1, 0.15) is 11.3 Å². The summed E-state index contributed by atoms with van der Waals surface area (Å²) < 4.78 is 15.6. The van der Waals surface area contributed by atoms with E-state index < -0.39 is 11.6 Å². The fraction of sp³-hybridized carbons (Fsp3) is 0.227. The average Bonchev–Trinajstić information content (AvgIpc) is 2.66. The third-order valence-corrected chi connectivity index (χ3v) is 4.53. The molecule has 0 aliphatic heterocycles. The second kappa shape index (κ2) is 8.08. The first kappa shape index (κ1) is 19.4. The summed E-state index contributed by atoms with van der Waals surface area (Å²) in [6.07, 6.45) is 0.449. The van der Waals surface area contributed by atoms with Crippen molar-refractivity contribution in [3.05, 3.63) is 75.1 Å². The third kappa shape index (κ3) is 4.11. The molecule has 2 aromatic carbocycles. The number of aryl methyl sites for hydroxylation is 3. The van der Waals surface area contributed by atoms with Crippen LogP contribution in [0.4, 0.5) is 0 Å². The van der Waals surface area contributed by atoms with Crippen molar-refractivity contribution in [2.45, 2.75) is 26.7 Å². The third-order valence-electron chi connectivity index (χ3n) is 4.53. The van der Waals surface area contributed by atoms with Crippen molar-refractivity contribution in [3.63, 3.8) is 0 Å². The van der Waals surface area contributed by atoms with Crippen molar-refractivity contribution in [3.8, 4) is 5.75 Å². The monoisotopic (exact) mass is 380 g/mol. The minimum atomic E-state index is -0.522. The highest BCUT2D eigenvalue weighted by molar-refractivity contribution is 5.93. The van der Waals surface area contributed by atoms with Gasteiger partial charge in [0, 0.05) is 23.9 Å². The standard InChI is InChI=1S/C22H20O6/c1-13-6-4-5-7-16(13)22(25)28-18-12-19-17(14(2)10-21(24)27-19)11-15(18)8-9-20(23)26-3/h4-7,10-12H,8-9H2,1-3H3. The normalized spacial score (nSPS) is 10.7. The maximum Gasteiger partial charge on any atom is 0.343 e. The highest BCUT2D eigenvalue weighted by atomic mass is 16.5. The van der Waals surface area contributed by atoms with Gasteiger partial charge in [-0.25, -0.2) is 9.59 Å². The minimum absolute atomic E-state index is 0.132. The van der Waals surface area contributed by atoms with Gasteiger partial charge in [-0.1, -0.05) is 18.2 Å². The van der Waals surface area contributed by atoms with E-state index in [9.17, 15) is 14.4 Å². The lowest BCUT2D eigenvalue weighted by atomic mass is 10.0. The predicted octanol–water partition coefficient (Wildman–Crippen LogP) is 3.73. The summed E-state index contributed by atoms with van der Waals surface area (Å²) in [5.74, 6) is -0.641. The van der Waals surface area contributed by atoms with Gasteiger partial charge in [0.05, 0.1) is 12.7 Å². The number of carbonyl (C=O) groups is 2. The van der Waals surface area contributed by atoms with E-state index in [2.05, 4.69) is 0 Å². The van der Waals surface area contributed by atoms with Crippen molar-refractivity contribution >= 4 is 22.9 Å². The van der Waals surface area contributed by atoms with Crippen LogP contribution in [0, 0.1) is 13.8 Å². The number of carbonyl (C=O) groups excluding carboxylic acids is 2. The van der Waals surface area contributed by atoms with Gasteiger partial charge in [0.2, 0.25) is 0 Å². The molecule has 0 unspecified atom stereocenters. The Morgan fingerprint density at radius 2 is 1.79 bits per heavy atom. The van der Waals surface area contributed by atoms with Crippen LogP contribution < -0.4 is 10.4 Å². The van der Waals surface area contributed by atoms with E-state index in [1.165, 1.54) is 19.2 Å². The quantitative estimate of drug-likeness (QED) is 0.381. The molecule has 6 nitrogen and oxygen atoms in total. The zero-order valence-electron chi connectivity index (χ0n) is 15.9. The van der Waals surface area contributed by atoms with Crippen LogP contribution in [0.5, 0.6) is 5.75 Å². The summed E-state index contributed by atoms with van der Waals surface area (Å²) in [5, 5.41) is 0.718. The van der Waals surface area contributed by atoms with E-state index in [0.29, 0.717) is 23.1 Å². The SMILES string of the molecule is COC(=O)CCc1cc2c(C)cc(=O)oc2cc1OC(=O)c1ccccc1C. The highest BCUT2D eigenvalue weighted by Gasteiger charge is 2.17. The van der Waals surface area contributed by atoms with E-state index in [0.717, 1.165) is 16.5 Å². The summed E-state index contributed by atoms with van der Waals surface area (Å²) in [5.41, 5.74) is 2.45. The van der Waals surface area contributed by atoms with Crippen LogP contribution in [0.25, 0.3) is 11.0 Å². The van der Waals surface area contributed by atoms with Gasteiger partial charge in [-0.05, 0) is 49.1 Å². The van der Waals surface area contributed by atoms with Crippen LogP contribution in [-0.2, 0) is 16.0 Å². The molecule has 3 rings (SSSR count). The minimum Gasteiger partial charge on any atom is -0.469 e. The van der Waals surface area contributed by atoms with Crippen LogP contribution in [0.2, 0.25) is 0 Å². The molecule has 0 aliphatic carbocycles. The van der Waals surface area contributed by atoms with Crippen LogP contribution in [-0.4, -0.2) is 19.0 Å². The molecule has 0 spiro atoms. The molecule has 0 atom stereocenters. The highest BCUT2D eigenvalue weighted by Crippen LogP contribution is 2.29. The van der Waals surface area contributed by atoms with Crippen LogP contribution >= 0.6 is 0 Å². The van der Waals surface area contributed by atoms with Crippen molar-refractivity contribution in [1.82, 2.24) is 0 Å². The fourth-order valence-corrected chi connectivity index (χ4v) is 2.98. The van der Waals surface area contributed by atoms with E-state index >= 15 is 0 Å². The number of benzene rings is 2. The first-order valence-corrected chi connectivity index (χ1v) is 8.81. The largest absolute Gasteiger partial charge is 0.469 e. The Labute approximate surface area is 161 Å². The van der Waals surface area contributed by atoms with E-state index in [-0.39, 0.29) is 18.1 Å². The van der Waals surface area contributed by atoms with Gasteiger partial charge >= 0.3 is 17.6 Å². The van der Waals surface area contributed by atoms with Gasteiger partial charge in [-0.2, -0.15) is 0 Å². The second-order valence-corrected chi connectivity index (χ2v) is 6.49. The summed E-state index contributed by atoms with van der Waals surface area (Å²) in [6.45, 7) is 3.61. The Bertz CT molecular complexity index is 1110. The van der Waals surface area contributed by atoms with E-state index in [4.69, 9.17) is 13.9 Å². The van der Waals surface area contributed by atoms with Crippen molar-refractivity contribution in [1.29, 1.82) is 0 Å². The molecular formula is C22H20O6. The maximum atomic E-state index is 12.6. The fourth-order valence-electron chi connectivity index (χ4n) is 2.98. The molecular weight excluding hydrogens is 360 g/mol. The molecule has 144 valence electrons. The molecule has 6 heteroatoms. The smallest absolute Gasteiger partial charge is 0.343 e.